The Kier molecular flexibility index (Phi) is 3.86. The Bertz CT molecular complexity index is 791. The van der Waals surface area contributed by atoms with Gasteiger partial charge in [0.1, 0.15) is 0 Å². The van der Waals surface area contributed by atoms with Crippen LogP contribution in [0.5, 0.6) is 0 Å². The molecule has 1 aliphatic heterocycles. The molecule has 0 radical (unpaired) electrons. The predicted octanol–water partition coefficient (Wildman–Crippen LogP) is 4.02. The summed E-state index contributed by atoms with van der Waals surface area (Å²) in [6, 6.07) is 8.12. The summed E-state index contributed by atoms with van der Waals surface area (Å²) >= 11 is 1.62. The van der Waals surface area contributed by atoms with Crippen LogP contribution < -0.4 is 4.90 Å². The van der Waals surface area contributed by atoms with Crippen molar-refractivity contribution in [3.8, 4) is 0 Å². The van der Waals surface area contributed by atoms with Gasteiger partial charge in [-0.15, -0.1) is 0 Å². The van der Waals surface area contributed by atoms with E-state index in [1.807, 2.05) is 23.1 Å². The second-order valence-electron chi connectivity index (χ2n) is 7.43. The first-order valence-corrected chi connectivity index (χ1v) is 10.1. The van der Waals surface area contributed by atoms with Gasteiger partial charge in [-0.1, -0.05) is 35.6 Å². The summed E-state index contributed by atoms with van der Waals surface area (Å²) in [5, 5.41) is 0.827. The van der Waals surface area contributed by atoms with Crippen LogP contribution >= 0.6 is 11.3 Å². The van der Waals surface area contributed by atoms with Crippen LogP contribution in [0.4, 0.5) is 5.13 Å². The first-order chi connectivity index (χ1) is 12.3. The van der Waals surface area contributed by atoms with Gasteiger partial charge in [0, 0.05) is 12.5 Å². The zero-order valence-electron chi connectivity index (χ0n) is 14.1. The maximum atomic E-state index is 13.4. The van der Waals surface area contributed by atoms with Crippen LogP contribution in [0.2, 0.25) is 0 Å². The highest BCUT2D eigenvalue weighted by Gasteiger charge is 2.42. The first-order valence-electron chi connectivity index (χ1n) is 9.25. The fourth-order valence-electron chi connectivity index (χ4n) is 4.49. The van der Waals surface area contributed by atoms with E-state index in [-0.39, 0.29) is 17.9 Å². The number of carbonyl (C=O) groups excluding carboxylic acids is 1. The van der Waals surface area contributed by atoms with E-state index >= 15 is 0 Å². The van der Waals surface area contributed by atoms with Gasteiger partial charge in [0.2, 0.25) is 5.91 Å². The van der Waals surface area contributed by atoms with Gasteiger partial charge in [0.15, 0.2) is 5.13 Å². The number of anilines is 1. The second kappa shape index (κ2) is 6.22. The monoisotopic (exact) mass is 354 g/mol. The summed E-state index contributed by atoms with van der Waals surface area (Å²) in [6.45, 7) is 1.44. The normalized spacial score (nSPS) is 30.4. The van der Waals surface area contributed by atoms with Gasteiger partial charge in [0.25, 0.3) is 0 Å². The van der Waals surface area contributed by atoms with E-state index in [2.05, 4.69) is 18.2 Å². The molecule has 25 heavy (non-hydrogen) atoms. The molecule has 0 spiro atoms. The van der Waals surface area contributed by atoms with Gasteiger partial charge in [-0.25, -0.2) is 4.98 Å². The molecule has 1 aromatic carbocycles. The quantitative estimate of drug-likeness (QED) is 0.779. The molecule has 2 fully saturated rings. The lowest BCUT2D eigenvalue weighted by Crippen LogP contribution is -2.42. The Balaban J connectivity index is 1.47. The number of ether oxygens (including phenoxy) is 1. The molecule has 2 aromatic rings. The Morgan fingerprint density at radius 3 is 2.92 bits per heavy atom. The van der Waals surface area contributed by atoms with Crippen molar-refractivity contribution in [1.29, 1.82) is 0 Å². The molecule has 130 valence electrons. The van der Waals surface area contributed by atoms with Crippen molar-refractivity contribution >= 4 is 32.6 Å². The third-order valence-electron chi connectivity index (χ3n) is 5.79. The maximum Gasteiger partial charge on any atom is 0.232 e. The predicted molar refractivity (Wildman–Crippen MR) is 99.8 cm³/mol. The molecular formula is C20H22N2O2S. The van der Waals surface area contributed by atoms with E-state index < -0.39 is 0 Å². The average Bonchev–Trinajstić information content (AvgIpc) is 3.42. The third kappa shape index (κ3) is 2.79. The van der Waals surface area contributed by atoms with Gasteiger partial charge in [0.05, 0.1) is 22.9 Å². The molecule has 2 heterocycles. The molecule has 3 aliphatic rings. The van der Waals surface area contributed by atoms with Crippen molar-refractivity contribution in [2.75, 3.05) is 18.1 Å². The summed E-state index contributed by atoms with van der Waals surface area (Å²) in [5.74, 6) is 1.37. The number of fused-ring (bicyclic) bond motifs is 3. The molecule has 5 heteroatoms. The average molecular weight is 354 g/mol. The molecule has 0 N–H and O–H groups in total. The molecule has 5 rings (SSSR count). The smallest absolute Gasteiger partial charge is 0.232 e. The van der Waals surface area contributed by atoms with Gasteiger partial charge < -0.3 is 4.74 Å². The standard InChI is InChI=1S/C20H22N2O2S/c23-19(16-11-13-7-8-14(16)10-13)22(12-15-4-3-9-24-15)20-21-17-5-1-2-6-18(17)25-20/h1-2,5-8,13-16H,3-4,9-12H2/t13-,14-,15-,16+/m0/s1. The highest BCUT2D eigenvalue weighted by Crippen LogP contribution is 2.45. The van der Waals surface area contributed by atoms with Crippen LogP contribution in [0.15, 0.2) is 36.4 Å². The zero-order chi connectivity index (χ0) is 16.8. The van der Waals surface area contributed by atoms with Crippen LogP contribution in [-0.2, 0) is 9.53 Å². The zero-order valence-corrected chi connectivity index (χ0v) is 15.0. The largest absolute Gasteiger partial charge is 0.376 e. The van der Waals surface area contributed by atoms with Crippen LogP contribution in [0, 0.1) is 17.8 Å². The van der Waals surface area contributed by atoms with E-state index in [1.165, 1.54) is 0 Å². The summed E-state index contributed by atoms with van der Waals surface area (Å²) in [5.41, 5.74) is 0.973. The number of thiazole rings is 1. The SMILES string of the molecule is O=C([C@@H]1C[C@H]2C=C[C@H]1C2)N(C[C@@H]1CCCO1)c1nc2ccccc2s1. The fraction of sp³-hybridized carbons (Fsp3) is 0.500. The lowest BCUT2D eigenvalue weighted by molar-refractivity contribution is -0.123. The number of amides is 1. The number of rotatable bonds is 4. The Morgan fingerprint density at radius 2 is 2.20 bits per heavy atom. The minimum Gasteiger partial charge on any atom is -0.376 e. The van der Waals surface area contributed by atoms with Crippen LogP contribution in [0.3, 0.4) is 0 Å². The molecule has 2 aliphatic carbocycles. The van der Waals surface area contributed by atoms with Crippen molar-refractivity contribution in [1.82, 2.24) is 4.98 Å². The van der Waals surface area contributed by atoms with Gasteiger partial charge in [-0.05, 0) is 49.7 Å². The number of para-hydroxylation sites is 1. The summed E-state index contributed by atoms with van der Waals surface area (Å²) < 4.78 is 6.96. The second-order valence-corrected chi connectivity index (χ2v) is 8.44. The summed E-state index contributed by atoms with van der Waals surface area (Å²) in [6.07, 6.45) is 8.94. The van der Waals surface area contributed by atoms with E-state index in [9.17, 15) is 4.79 Å². The van der Waals surface area contributed by atoms with Crippen LogP contribution in [-0.4, -0.2) is 30.1 Å². The molecule has 2 bridgehead atoms. The fourth-order valence-corrected chi connectivity index (χ4v) is 5.47. The number of allylic oxidation sites excluding steroid dienone is 2. The van der Waals surface area contributed by atoms with Crippen LogP contribution in [0.25, 0.3) is 10.2 Å². The minimum atomic E-state index is 0.114. The first kappa shape index (κ1) is 15.5. The minimum absolute atomic E-state index is 0.114. The summed E-state index contributed by atoms with van der Waals surface area (Å²) in [4.78, 5) is 20.1. The number of carbonyl (C=O) groups is 1. The molecule has 0 unspecified atom stereocenters. The Morgan fingerprint density at radius 1 is 1.28 bits per heavy atom. The van der Waals surface area contributed by atoms with Gasteiger partial charge in [-0.2, -0.15) is 0 Å². The van der Waals surface area contributed by atoms with E-state index in [1.54, 1.807) is 11.3 Å². The van der Waals surface area contributed by atoms with Gasteiger partial charge in [-0.3, -0.25) is 9.69 Å². The van der Waals surface area contributed by atoms with Crippen molar-refractivity contribution in [3.05, 3.63) is 36.4 Å². The van der Waals surface area contributed by atoms with Crippen molar-refractivity contribution in [3.63, 3.8) is 0 Å². The number of hydrogen-bond donors (Lipinski definition) is 0. The number of benzene rings is 1. The molecule has 4 atom stereocenters. The summed E-state index contributed by atoms with van der Waals surface area (Å²) in [7, 11) is 0. The van der Waals surface area contributed by atoms with E-state index in [4.69, 9.17) is 9.72 Å². The lowest BCUT2D eigenvalue weighted by atomic mass is 9.92. The molecule has 4 nitrogen and oxygen atoms in total. The number of aromatic nitrogens is 1. The molecule has 1 amide bonds. The number of hydrogen-bond acceptors (Lipinski definition) is 4. The highest BCUT2D eigenvalue weighted by molar-refractivity contribution is 7.22. The van der Waals surface area contributed by atoms with Crippen molar-refractivity contribution in [2.45, 2.75) is 31.8 Å². The van der Waals surface area contributed by atoms with E-state index in [0.717, 1.165) is 47.6 Å². The maximum absolute atomic E-state index is 13.4. The van der Waals surface area contributed by atoms with Crippen molar-refractivity contribution < 1.29 is 9.53 Å². The van der Waals surface area contributed by atoms with Crippen molar-refractivity contribution in [2.24, 2.45) is 17.8 Å². The third-order valence-corrected chi connectivity index (χ3v) is 6.85. The van der Waals surface area contributed by atoms with E-state index in [0.29, 0.717) is 18.4 Å². The molecular weight excluding hydrogens is 332 g/mol. The van der Waals surface area contributed by atoms with Gasteiger partial charge >= 0.3 is 0 Å². The number of nitrogens with zero attached hydrogens (tertiary/aromatic N) is 2. The molecule has 1 saturated carbocycles. The lowest BCUT2D eigenvalue weighted by Gasteiger charge is -2.28. The van der Waals surface area contributed by atoms with Crippen LogP contribution in [0.1, 0.15) is 25.7 Å². The highest BCUT2D eigenvalue weighted by atomic mass is 32.1. The Hall–Kier alpha value is -1.72. The molecule has 1 aromatic heterocycles. The topological polar surface area (TPSA) is 42.4 Å². The molecule has 1 saturated heterocycles. The Labute approximate surface area is 151 Å².